The molecule has 2 rings (SSSR count). The van der Waals surface area contributed by atoms with E-state index in [0.717, 1.165) is 18.4 Å². The van der Waals surface area contributed by atoms with Crippen LogP contribution in [-0.4, -0.2) is 25.1 Å². The average Bonchev–Trinajstić information content (AvgIpc) is 2.53. The Bertz CT molecular complexity index is 447. The first-order chi connectivity index (χ1) is 10.1. The second-order valence-electron chi connectivity index (χ2n) is 6.05. The second kappa shape index (κ2) is 7.57. The number of carbonyl (C=O) groups excluding carboxylic acids is 1. The van der Waals surface area contributed by atoms with Gasteiger partial charge in [0.05, 0.1) is 12.0 Å². The lowest BCUT2D eigenvalue weighted by atomic mass is 9.88. The molecule has 1 amide bonds. The van der Waals surface area contributed by atoms with Crippen molar-refractivity contribution in [3.05, 3.63) is 35.9 Å². The molecule has 1 saturated heterocycles. The Morgan fingerprint density at radius 1 is 1.38 bits per heavy atom. The Kier molecular flexibility index (Phi) is 5.76. The third-order valence-electron chi connectivity index (χ3n) is 4.17. The van der Waals surface area contributed by atoms with Crippen molar-refractivity contribution in [2.24, 2.45) is 17.6 Å². The molecule has 1 aliphatic heterocycles. The van der Waals surface area contributed by atoms with Gasteiger partial charge in [0, 0.05) is 19.2 Å². The molecule has 0 radical (unpaired) electrons. The van der Waals surface area contributed by atoms with E-state index in [1.807, 2.05) is 30.3 Å². The van der Waals surface area contributed by atoms with E-state index in [-0.39, 0.29) is 24.0 Å². The largest absolute Gasteiger partial charge is 0.373 e. The van der Waals surface area contributed by atoms with Crippen molar-refractivity contribution in [2.75, 3.05) is 13.2 Å². The van der Waals surface area contributed by atoms with Gasteiger partial charge in [-0.1, -0.05) is 44.2 Å². The lowest BCUT2D eigenvalue weighted by molar-refractivity contribution is -0.135. The number of rotatable bonds is 5. The number of amides is 1. The summed E-state index contributed by atoms with van der Waals surface area (Å²) in [4.78, 5) is 12.6. The van der Waals surface area contributed by atoms with Crippen LogP contribution in [0.2, 0.25) is 0 Å². The Labute approximate surface area is 127 Å². The summed E-state index contributed by atoms with van der Waals surface area (Å²) < 4.78 is 5.88. The molecule has 4 heteroatoms. The normalized spacial score (nSPS) is 23.8. The molecule has 3 atom stereocenters. The van der Waals surface area contributed by atoms with Crippen LogP contribution in [0, 0.1) is 11.8 Å². The molecule has 0 aromatic heterocycles. The highest BCUT2D eigenvalue weighted by Crippen LogP contribution is 2.33. The topological polar surface area (TPSA) is 64.3 Å². The van der Waals surface area contributed by atoms with Gasteiger partial charge in [-0.3, -0.25) is 4.79 Å². The molecular formula is C17H26N2O2. The summed E-state index contributed by atoms with van der Waals surface area (Å²) in [5.74, 6) is 0.264. The maximum Gasteiger partial charge on any atom is 0.226 e. The van der Waals surface area contributed by atoms with Crippen molar-refractivity contribution < 1.29 is 9.53 Å². The summed E-state index contributed by atoms with van der Waals surface area (Å²) in [6.45, 7) is 5.33. The van der Waals surface area contributed by atoms with Crippen LogP contribution in [0.25, 0.3) is 0 Å². The number of nitrogens with two attached hydrogens (primary N) is 1. The Hall–Kier alpha value is -1.39. The van der Waals surface area contributed by atoms with Gasteiger partial charge >= 0.3 is 0 Å². The minimum Gasteiger partial charge on any atom is -0.373 e. The Morgan fingerprint density at radius 2 is 2.10 bits per heavy atom. The number of carbonyl (C=O) groups is 1. The minimum atomic E-state index is -0.148. The third-order valence-corrected chi connectivity index (χ3v) is 4.17. The van der Waals surface area contributed by atoms with Crippen molar-refractivity contribution in [1.82, 2.24) is 5.32 Å². The van der Waals surface area contributed by atoms with Crippen LogP contribution in [0.4, 0.5) is 0 Å². The van der Waals surface area contributed by atoms with E-state index in [2.05, 4.69) is 19.2 Å². The summed E-state index contributed by atoms with van der Waals surface area (Å²) in [7, 11) is 0. The molecule has 1 aromatic carbocycles. The van der Waals surface area contributed by atoms with Gasteiger partial charge in [0.2, 0.25) is 5.91 Å². The minimum absolute atomic E-state index is 0.0239. The highest BCUT2D eigenvalue weighted by Gasteiger charge is 2.34. The van der Waals surface area contributed by atoms with Crippen LogP contribution in [-0.2, 0) is 9.53 Å². The zero-order valence-corrected chi connectivity index (χ0v) is 12.9. The maximum absolute atomic E-state index is 12.6. The fourth-order valence-corrected chi connectivity index (χ4v) is 2.81. The van der Waals surface area contributed by atoms with Crippen LogP contribution in [0.3, 0.4) is 0 Å². The van der Waals surface area contributed by atoms with Gasteiger partial charge in [-0.2, -0.15) is 0 Å². The molecule has 3 N–H and O–H groups in total. The van der Waals surface area contributed by atoms with Crippen molar-refractivity contribution in [2.45, 2.75) is 38.8 Å². The Morgan fingerprint density at radius 3 is 2.71 bits per heavy atom. The first-order valence-electron chi connectivity index (χ1n) is 7.80. The van der Waals surface area contributed by atoms with E-state index >= 15 is 0 Å². The number of nitrogens with one attached hydrogen (secondary N) is 1. The zero-order valence-electron chi connectivity index (χ0n) is 12.9. The van der Waals surface area contributed by atoms with Crippen LogP contribution < -0.4 is 11.1 Å². The molecule has 4 nitrogen and oxygen atoms in total. The molecule has 0 aliphatic carbocycles. The number of hydrogen-bond acceptors (Lipinski definition) is 3. The smallest absolute Gasteiger partial charge is 0.226 e. The van der Waals surface area contributed by atoms with Crippen molar-refractivity contribution in [3.63, 3.8) is 0 Å². The van der Waals surface area contributed by atoms with Gasteiger partial charge in [0.1, 0.15) is 0 Å². The van der Waals surface area contributed by atoms with Crippen LogP contribution in [0.5, 0.6) is 0 Å². The SMILES string of the molecule is CC(C)C(CN)NC(=O)C1CCCOC1c1ccccc1. The van der Waals surface area contributed by atoms with Crippen molar-refractivity contribution in [3.8, 4) is 0 Å². The lowest BCUT2D eigenvalue weighted by Crippen LogP contribution is -2.48. The lowest BCUT2D eigenvalue weighted by Gasteiger charge is -2.33. The number of hydrogen-bond donors (Lipinski definition) is 2. The molecule has 0 bridgehead atoms. The predicted molar refractivity (Wildman–Crippen MR) is 83.7 cm³/mol. The number of benzene rings is 1. The molecule has 1 aromatic rings. The number of ether oxygens (including phenoxy) is 1. The fraction of sp³-hybridized carbons (Fsp3) is 0.588. The van der Waals surface area contributed by atoms with E-state index in [4.69, 9.17) is 10.5 Å². The molecule has 3 unspecified atom stereocenters. The summed E-state index contributed by atoms with van der Waals surface area (Å²) in [6.07, 6.45) is 1.64. The Balaban J connectivity index is 2.09. The van der Waals surface area contributed by atoms with Crippen LogP contribution in [0.1, 0.15) is 38.4 Å². The summed E-state index contributed by atoms with van der Waals surface area (Å²) >= 11 is 0. The van der Waals surface area contributed by atoms with Crippen molar-refractivity contribution in [1.29, 1.82) is 0 Å². The van der Waals surface area contributed by atoms with Gasteiger partial charge in [-0.05, 0) is 24.3 Å². The van der Waals surface area contributed by atoms with Crippen molar-refractivity contribution >= 4 is 5.91 Å². The maximum atomic E-state index is 12.6. The summed E-state index contributed by atoms with van der Waals surface area (Å²) in [5, 5.41) is 3.09. The van der Waals surface area contributed by atoms with Gasteiger partial charge in [0.15, 0.2) is 0 Å². The molecule has 116 valence electrons. The van der Waals surface area contributed by atoms with Gasteiger partial charge < -0.3 is 15.8 Å². The molecule has 21 heavy (non-hydrogen) atoms. The molecule has 1 heterocycles. The quantitative estimate of drug-likeness (QED) is 0.874. The van der Waals surface area contributed by atoms with Crippen LogP contribution >= 0.6 is 0 Å². The first-order valence-corrected chi connectivity index (χ1v) is 7.80. The predicted octanol–water partition coefficient (Wildman–Crippen LogP) is 2.25. The van der Waals surface area contributed by atoms with Crippen LogP contribution in [0.15, 0.2) is 30.3 Å². The summed E-state index contributed by atoms with van der Waals surface area (Å²) in [6, 6.07) is 10.0. The van der Waals surface area contributed by atoms with Gasteiger partial charge in [-0.15, -0.1) is 0 Å². The zero-order chi connectivity index (χ0) is 15.2. The first kappa shape index (κ1) is 16.0. The molecule has 1 aliphatic rings. The third kappa shape index (κ3) is 4.05. The molecule has 0 spiro atoms. The average molecular weight is 290 g/mol. The standard InChI is InChI=1S/C17H26N2O2/c1-12(2)15(11-18)19-17(20)14-9-6-10-21-16(14)13-7-4-3-5-8-13/h3-5,7-8,12,14-16H,6,9-11,18H2,1-2H3,(H,19,20). The molecule has 0 saturated carbocycles. The molecular weight excluding hydrogens is 264 g/mol. The highest BCUT2D eigenvalue weighted by atomic mass is 16.5. The van der Waals surface area contributed by atoms with E-state index in [1.54, 1.807) is 0 Å². The van der Waals surface area contributed by atoms with E-state index in [0.29, 0.717) is 19.1 Å². The van der Waals surface area contributed by atoms with E-state index in [1.165, 1.54) is 0 Å². The fourth-order valence-electron chi connectivity index (χ4n) is 2.81. The highest BCUT2D eigenvalue weighted by molar-refractivity contribution is 5.80. The molecule has 1 fully saturated rings. The summed E-state index contributed by atoms with van der Waals surface area (Å²) in [5.41, 5.74) is 6.83. The van der Waals surface area contributed by atoms with E-state index < -0.39 is 0 Å². The van der Waals surface area contributed by atoms with Gasteiger partial charge in [0.25, 0.3) is 0 Å². The second-order valence-corrected chi connectivity index (χ2v) is 6.05. The van der Waals surface area contributed by atoms with E-state index in [9.17, 15) is 4.79 Å². The monoisotopic (exact) mass is 290 g/mol. The van der Waals surface area contributed by atoms with Gasteiger partial charge in [-0.25, -0.2) is 0 Å².